The van der Waals surface area contributed by atoms with Crippen LogP contribution in [0.3, 0.4) is 0 Å². The lowest BCUT2D eigenvalue weighted by Gasteiger charge is -2.25. The maximum Gasteiger partial charge on any atom is 0.242 e. The number of hydrogen-bond acceptors (Lipinski definition) is 4. The number of anilines is 2. The highest BCUT2D eigenvalue weighted by molar-refractivity contribution is 5.86. The van der Waals surface area contributed by atoms with Crippen molar-refractivity contribution in [2.75, 3.05) is 24.2 Å². The first-order valence-corrected chi connectivity index (χ1v) is 6.89. The molecule has 3 N–H and O–H groups in total. The highest BCUT2D eigenvalue weighted by Crippen LogP contribution is 2.32. The molecule has 1 amide bonds. The fourth-order valence-electron chi connectivity index (χ4n) is 2.81. The molecular formula is C13H23N5O. The molecule has 106 valence electrons. The summed E-state index contributed by atoms with van der Waals surface area (Å²) in [5, 5.41) is 7.21. The van der Waals surface area contributed by atoms with E-state index in [1.54, 1.807) is 7.05 Å². The average Bonchev–Trinajstić information content (AvgIpc) is 2.95. The zero-order valence-electron chi connectivity index (χ0n) is 11.9. The Morgan fingerprint density at radius 2 is 2.32 bits per heavy atom. The number of nitrogens with one attached hydrogen (secondary N) is 1. The Morgan fingerprint density at radius 3 is 2.95 bits per heavy atom. The number of carbonyl (C=O) groups excluding carboxylic acids is 1. The molecule has 2 heterocycles. The fourth-order valence-corrected chi connectivity index (χ4v) is 2.81. The number of nitrogens with two attached hydrogens (primary N) is 1. The van der Waals surface area contributed by atoms with E-state index in [0.717, 1.165) is 49.4 Å². The molecule has 2 rings (SSSR count). The fraction of sp³-hybridized carbons (Fsp3) is 0.692. The summed E-state index contributed by atoms with van der Waals surface area (Å²) in [6.45, 7) is 2.96. The van der Waals surface area contributed by atoms with Gasteiger partial charge in [0, 0.05) is 20.6 Å². The van der Waals surface area contributed by atoms with Crippen LogP contribution in [0.2, 0.25) is 0 Å². The van der Waals surface area contributed by atoms with Gasteiger partial charge in [-0.1, -0.05) is 13.3 Å². The SMILES string of the molecule is CCCc1nn(C)c(N2CCCC2C(=O)NC)c1N. The number of hydrogen-bond donors (Lipinski definition) is 2. The van der Waals surface area contributed by atoms with Crippen molar-refractivity contribution in [1.29, 1.82) is 0 Å². The third-order valence-corrected chi connectivity index (χ3v) is 3.69. The van der Waals surface area contributed by atoms with Gasteiger partial charge in [0.25, 0.3) is 0 Å². The van der Waals surface area contributed by atoms with Crippen LogP contribution in [-0.4, -0.2) is 35.3 Å². The molecule has 0 aliphatic carbocycles. The minimum atomic E-state index is -0.128. The second-order valence-electron chi connectivity index (χ2n) is 5.02. The Hall–Kier alpha value is -1.72. The minimum absolute atomic E-state index is 0.0511. The Labute approximate surface area is 113 Å². The van der Waals surface area contributed by atoms with Crippen molar-refractivity contribution in [2.45, 2.75) is 38.6 Å². The predicted octanol–water partition coefficient (Wildman–Crippen LogP) is 0.670. The average molecular weight is 265 g/mol. The van der Waals surface area contributed by atoms with Gasteiger partial charge in [0.15, 0.2) is 5.82 Å². The second kappa shape index (κ2) is 5.50. The predicted molar refractivity (Wildman–Crippen MR) is 76.1 cm³/mol. The van der Waals surface area contributed by atoms with E-state index in [1.165, 1.54) is 0 Å². The van der Waals surface area contributed by atoms with Crippen LogP contribution in [0.25, 0.3) is 0 Å². The van der Waals surface area contributed by atoms with Gasteiger partial charge in [-0.15, -0.1) is 0 Å². The Kier molecular flexibility index (Phi) is 3.97. The number of nitrogen functional groups attached to an aromatic ring is 1. The molecule has 1 aromatic rings. The summed E-state index contributed by atoms with van der Waals surface area (Å²) in [7, 11) is 3.57. The molecule has 6 heteroatoms. The van der Waals surface area contributed by atoms with Crippen molar-refractivity contribution < 1.29 is 4.79 Å². The maximum atomic E-state index is 11.9. The number of amides is 1. The summed E-state index contributed by atoms with van der Waals surface area (Å²) in [5.41, 5.74) is 7.87. The molecule has 0 saturated carbocycles. The highest BCUT2D eigenvalue weighted by atomic mass is 16.2. The smallest absolute Gasteiger partial charge is 0.242 e. The zero-order chi connectivity index (χ0) is 14.0. The van der Waals surface area contributed by atoms with Crippen LogP contribution in [0.5, 0.6) is 0 Å². The highest BCUT2D eigenvalue weighted by Gasteiger charge is 2.33. The molecule has 0 radical (unpaired) electrons. The molecule has 1 unspecified atom stereocenters. The minimum Gasteiger partial charge on any atom is -0.394 e. The van der Waals surface area contributed by atoms with Crippen molar-refractivity contribution in [2.24, 2.45) is 7.05 Å². The first kappa shape index (κ1) is 13.7. The third kappa shape index (κ3) is 2.39. The van der Waals surface area contributed by atoms with E-state index in [4.69, 9.17) is 5.73 Å². The van der Waals surface area contributed by atoms with Crippen LogP contribution in [0.4, 0.5) is 11.5 Å². The maximum absolute atomic E-state index is 11.9. The molecule has 0 aromatic carbocycles. The lowest BCUT2D eigenvalue weighted by Crippen LogP contribution is -2.43. The van der Waals surface area contributed by atoms with Crippen molar-refractivity contribution in [1.82, 2.24) is 15.1 Å². The van der Waals surface area contributed by atoms with Gasteiger partial charge < -0.3 is 16.0 Å². The van der Waals surface area contributed by atoms with E-state index in [-0.39, 0.29) is 11.9 Å². The van der Waals surface area contributed by atoms with Crippen LogP contribution >= 0.6 is 0 Å². The summed E-state index contributed by atoms with van der Waals surface area (Å²) in [4.78, 5) is 14.0. The number of rotatable bonds is 4. The van der Waals surface area contributed by atoms with E-state index < -0.39 is 0 Å². The van der Waals surface area contributed by atoms with Gasteiger partial charge in [-0.25, -0.2) is 0 Å². The van der Waals surface area contributed by atoms with Gasteiger partial charge in [-0.05, 0) is 19.3 Å². The molecule has 1 aliphatic rings. The van der Waals surface area contributed by atoms with E-state index in [9.17, 15) is 4.79 Å². The summed E-state index contributed by atoms with van der Waals surface area (Å²) in [5.74, 6) is 0.935. The van der Waals surface area contributed by atoms with Gasteiger partial charge in [-0.2, -0.15) is 5.10 Å². The Bertz CT molecular complexity index is 468. The number of aryl methyl sites for hydroxylation is 2. The molecule has 1 saturated heterocycles. The van der Waals surface area contributed by atoms with Gasteiger partial charge in [0.2, 0.25) is 5.91 Å². The van der Waals surface area contributed by atoms with E-state index in [1.807, 2.05) is 11.7 Å². The zero-order valence-corrected chi connectivity index (χ0v) is 11.9. The monoisotopic (exact) mass is 265 g/mol. The van der Waals surface area contributed by atoms with Gasteiger partial charge >= 0.3 is 0 Å². The normalized spacial score (nSPS) is 18.9. The molecule has 1 aliphatic heterocycles. The number of nitrogens with zero attached hydrogens (tertiary/aromatic N) is 3. The molecule has 0 bridgehead atoms. The molecule has 1 aromatic heterocycles. The largest absolute Gasteiger partial charge is 0.394 e. The molecular weight excluding hydrogens is 242 g/mol. The van der Waals surface area contributed by atoms with Gasteiger partial charge in [0.05, 0.1) is 11.4 Å². The number of aromatic nitrogens is 2. The van der Waals surface area contributed by atoms with Crippen LogP contribution in [0, 0.1) is 0 Å². The van der Waals surface area contributed by atoms with Gasteiger partial charge in [-0.3, -0.25) is 9.48 Å². The summed E-state index contributed by atoms with van der Waals surface area (Å²) in [6.07, 6.45) is 3.76. The van der Waals surface area contributed by atoms with E-state index in [0.29, 0.717) is 0 Å². The van der Waals surface area contributed by atoms with E-state index in [2.05, 4.69) is 22.2 Å². The summed E-state index contributed by atoms with van der Waals surface area (Å²) < 4.78 is 1.81. The molecule has 1 atom stereocenters. The molecule has 1 fully saturated rings. The standard InChI is InChI=1S/C13H23N5O/c1-4-6-9-11(14)13(17(3)16-9)18-8-5-7-10(18)12(19)15-2/h10H,4-8,14H2,1-3H3,(H,15,19). The van der Waals surface area contributed by atoms with Gasteiger partial charge in [0.1, 0.15) is 6.04 Å². The first-order valence-electron chi connectivity index (χ1n) is 6.89. The number of carbonyl (C=O) groups is 1. The molecule has 19 heavy (non-hydrogen) atoms. The van der Waals surface area contributed by atoms with Crippen LogP contribution in [0.15, 0.2) is 0 Å². The molecule has 6 nitrogen and oxygen atoms in total. The quantitative estimate of drug-likeness (QED) is 0.839. The van der Waals surface area contributed by atoms with Crippen LogP contribution in [-0.2, 0) is 18.3 Å². The molecule has 0 spiro atoms. The topological polar surface area (TPSA) is 76.2 Å². The van der Waals surface area contributed by atoms with Crippen molar-refractivity contribution >= 4 is 17.4 Å². The first-order chi connectivity index (χ1) is 9.10. The van der Waals surface area contributed by atoms with Crippen LogP contribution < -0.4 is 16.0 Å². The van der Waals surface area contributed by atoms with E-state index >= 15 is 0 Å². The second-order valence-corrected chi connectivity index (χ2v) is 5.02. The lowest BCUT2D eigenvalue weighted by atomic mass is 10.2. The third-order valence-electron chi connectivity index (χ3n) is 3.69. The Balaban J connectivity index is 2.33. The summed E-state index contributed by atoms with van der Waals surface area (Å²) >= 11 is 0. The van der Waals surface area contributed by atoms with Crippen molar-refractivity contribution in [3.05, 3.63) is 5.69 Å². The van der Waals surface area contributed by atoms with Crippen LogP contribution in [0.1, 0.15) is 31.9 Å². The summed E-state index contributed by atoms with van der Waals surface area (Å²) in [6, 6.07) is -0.128. The van der Waals surface area contributed by atoms with Crippen molar-refractivity contribution in [3.63, 3.8) is 0 Å². The number of likely N-dealkylation sites (N-methyl/N-ethyl adjacent to an activating group) is 1. The van der Waals surface area contributed by atoms with Crippen molar-refractivity contribution in [3.8, 4) is 0 Å². The Morgan fingerprint density at radius 1 is 1.58 bits per heavy atom. The lowest BCUT2D eigenvalue weighted by molar-refractivity contribution is -0.121.